The second-order valence-corrected chi connectivity index (χ2v) is 9.71. The summed E-state index contributed by atoms with van der Waals surface area (Å²) < 4.78 is 29.4. The Kier molecular flexibility index (Phi) is 5.12. The third kappa shape index (κ3) is 4.28. The summed E-state index contributed by atoms with van der Waals surface area (Å²) >= 11 is 3.28. The molecule has 3 rings (SSSR count). The van der Waals surface area contributed by atoms with Crippen LogP contribution in [0.3, 0.4) is 0 Å². The van der Waals surface area contributed by atoms with Crippen LogP contribution in [0, 0.1) is 6.92 Å². The molecular weight excluding hydrogens is 360 g/mol. The highest BCUT2D eigenvalue weighted by Gasteiger charge is 2.13. The van der Waals surface area contributed by atoms with Crippen molar-refractivity contribution in [2.75, 3.05) is 10.5 Å². The molecule has 0 atom stereocenters. The number of thiazole rings is 1. The van der Waals surface area contributed by atoms with Crippen LogP contribution in [0.25, 0.3) is 10.2 Å². The van der Waals surface area contributed by atoms with Gasteiger partial charge >= 0.3 is 0 Å². The number of aryl methyl sites for hydroxylation is 1. The van der Waals surface area contributed by atoms with Crippen LogP contribution in [0.15, 0.2) is 46.8 Å². The molecule has 0 spiro atoms. The normalized spacial score (nSPS) is 11.8. The minimum absolute atomic E-state index is 0.0368. The summed E-state index contributed by atoms with van der Waals surface area (Å²) in [6.45, 7) is 4.06. The Morgan fingerprint density at radius 2 is 1.92 bits per heavy atom. The summed E-state index contributed by atoms with van der Waals surface area (Å²) in [6.07, 6.45) is 0. The Balaban J connectivity index is 1.78. The fourth-order valence-electron chi connectivity index (χ4n) is 2.27. The van der Waals surface area contributed by atoms with Crippen molar-refractivity contribution in [3.8, 4) is 0 Å². The summed E-state index contributed by atoms with van der Waals surface area (Å²) in [7, 11) is -3.44. The molecule has 7 heteroatoms. The lowest BCUT2D eigenvalue weighted by atomic mass is 10.2. The van der Waals surface area contributed by atoms with Crippen molar-refractivity contribution >= 4 is 49.0 Å². The van der Waals surface area contributed by atoms with E-state index in [-0.39, 0.29) is 5.75 Å². The minimum atomic E-state index is -3.44. The first-order chi connectivity index (χ1) is 11.4. The van der Waals surface area contributed by atoms with E-state index in [2.05, 4.69) is 16.6 Å². The van der Waals surface area contributed by atoms with Gasteiger partial charge in [-0.25, -0.2) is 13.4 Å². The molecule has 2 aromatic carbocycles. The lowest BCUT2D eigenvalue weighted by Gasteiger charge is -2.08. The third-order valence-electron chi connectivity index (χ3n) is 3.39. The predicted octanol–water partition coefficient (Wildman–Crippen LogP) is 4.66. The van der Waals surface area contributed by atoms with Crippen LogP contribution in [-0.4, -0.2) is 19.2 Å². The average Bonchev–Trinajstić information content (AvgIpc) is 2.91. The van der Waals surface area contributed by atoms with Gasteiger partial charge in [0.1, 0.15) is 0 Å². The second kappa shape index (κ2) is 7.13. The van der Waals surface area contributed by atoms with Gasteiger partial charge in [-0.05, 0) is 36.4 Å². The molecule has 1 aromatic heterocycles. The number of hydrogen-bond donors (Lipinski definition) is 1. The van der Waals surface area contributed by atoms with Gasteiger partial charge in [-0.3, -0.25) is 4.72 Å². The zero-order valence-corrected chi connectivity index (χ0v) is 15.9. The second-order valence-electron chi connectivity index (χ2n) is 5.44. The van der Waals surface area contributed by atoms with E-state index in [1.165, 1.54) is 0 Å². The molecule has 0 fully saturated rings. The molecule has 0 radical (unpaired) electrons. The van der Waals surface area contributed by atoms with Gasteiger partial charge in [-0.15, -0.1) is 11.3 Å². The zero-order valence-electron chi connectivity index (χ0n) is 13.4. The Morgan fingerprint density at radius 1 is 1.17 bits per heavy atom. The van der Waals surface area contributed by atoms with Crippen LogP contribution in [0.4, 0.5) is 5.69 Å². The van der Waals surface area contributed by atoms with Crippen LogP contribution in [0.1, 0.15) is 18.1 Å². The Bertz CT molecular complexity index is 948. The number of thioether (sulfide) groups is 1. The smallest absolute Gasteiger partial charge is 0.236 e. The maximum atomic E-state index is 12.4. The van der Waals surface area contributed by atoms with Crippen molar-refractivity contribution in [2.24, 2.45) is 0 Å². The predicted molar refractivity (Wildman–Crippen MR) is 103 cm³/mol. The lowest BCUT2D eigenvalue weighted by molar-refractivity contribution is 0.600. The van der Waals surface area contributed by atoms with Crippen molar-refractivity contribution in [3.05, 3.63) is 53.6 Å². The summed E-state index contributed by atoms with van der Waals surface area (Å²) in [5.74, 6) is 0.931. The van der Waals surface area contributed by atoms with Crippen molar-refractivity contribution in [1.29, 1.82) is 0 Å². The number of benzene rings is 2. The third-order valence-corrected chi connectivity index (χ3v) is 6.69. The van der Waals surface area contributed by atoms with Gasteiger partial charge in [0.25, 0.3) is 0 Å². The number of nitrogens with zero attached hydrogens (tertiary/aromatic N) is 1. The van der Waals surface area contributed by atoms with Gasteiger partial charge in [0, 0.05) is 0 Å². The monoisotopic (exact) mass is 378 g/mol. The molecule has 0 aliphatic carbocycles. The molecule has 0 aliphatic heterocycles. The van der Waals surface area contributed by atoms with Crippen molar-refractivity contribution in [2.45, 2.75) is 23.9 Å². The van der Waals surface area contributed by atoms with Gasteiger partial charge in [0.05, 0.1) is 21.7 Å². The number of anilines is 1. The van der Waals surface area contributed by atoms with Crippen LogP contribution < -0.4 is 4.72 Å². The number of hydrogen-bond acceptors (Lipinski definition) is 5. The molecule has 0 saturated carbocycles. The highest BCUT2D eigenvalue weighted by molar-refractivity contribution is 8.01. The van der Waals surface area contributed by atoms with Crippen LogP contribution >= 0.6 is 23.1 Å². The van der Waals surface area contributed by atoms with Crippen molar-refractivity contribution in [3.63, 3.8) is 0 Å². The highest BCUT2D eigenvalue weighted by atomic mass is 32.2. The van der Waals surface area contributed by atoms with E-state index in [1.807, 2.05) is 43.3 Å². The highest BCUT2D eigenvalue weighted by Crippen LogP contribution is 2.31. The number of aromatic nitrogens is 1. The van der Waals surface area contributed by atoms with E-state index in [1.54, 1.807) is 29.2 Å². The van der Waals surface area contributed by atoms with Gasteiger partial charge in [0.15, 0.2) is 4.34 Å². The summed E-state index contributed by atoms with van der Waals surface area (Å²) in [6, 6.07) is 13.0. The fourth-order valence-corrected chi connectivity index (χ4v) is 5.47. The lowest BCUT2D eigenvalue weighted by Crippen LogP contribution is -2.14. The van der Waals surface area contributed by atoms with Gasteiger partial charge in [-0.2, -0.15) is 0 Å². The molecule has 1 heterocycles. The molecule has 0 saturated heterocycles. The number of rotatable bonds is 6. The molecule has 0 aliphatic rings. The standard InChI is InChI=1S/C17H18N2O2S3/c1-3-22-17-18-15-9-8-14(10-16(15)23-17)19-24(20,21)11-13-6-4-12(2)5-7-13/h4-10,19H,3,11H2,1-2H3. The molecule has 0 amide bonds. The first kappa shape index (κ1) is 17.3. The molecule has 0 unspecified atom stereocenters. The Labute approximate surface area is 150 Å². The van der Waals surface area contributed by atoms with Crippen LogP contribution in [0.2, 0.25) is 0 Å². The molecule has 4 nitrogen and oxygen atoms in total. The summed E-state index contributed by atoms with van der Waals surface area (Å²) in [5, 5.41) is 0. The Hall–Kier alpha value is -1.57. The van der Waals surface area contributed by atoms with Gasteiger partial charge < -0.3 is 0 Å². The molecule has 24 heavy (non-hydrogen) atoms. The topological polar surface area (TPSA) is 59.1 Å². The minimum Gasteiger partial charge on any atom is -0.283 e. The molecule has 1 N–H and O–H groups in total. The van der Waals surface area contributed by atoms with E-state index in [9.17, 15) is 8.42 Å². The van der Waals surface area contributed by atoms with E-state index in [0.717, 1.165) is 31.4 Å². The SMILES string of the molecule is CCSc1nc2ccc(NS(=O)(=O)Cc3ccc(C)cc3)cc2s1. The van der Waals surface area contributed by atoms with E-state index in [0.29, 0.717) is 5.69 Å². The average molecular weight is 379 g/mol. The number of nitrogens with one attached hydrogen (secondary N) is 1. The van der Waals surface area contributed by atoms with Crippen molar-refractivity contribution in [1.82, 2.24) is 4.98 Å². The first-order valence-corrected chi connectivity index (χ1v) is 11.0. The molecule has 3 aromatic rings. The maximum absolute atomic E-state index is 12.4. The fraction of sp³-hybridized carbons (Fsp3) is 0.235. The quantitative estimate of drug-likeness (QED) is 0.634. The number of fused-ring (bicyclic) bond motifs is 1. The Morgan fingerprint density at radius 3 is 2.62 bits per heavy atom. The summed E-state index contributed by atoms with van der Waals surface area (Å²) in [5.41, 5.74) is 3.36. The molecule has 126 valence electrons. The van der Waals surface area contributed by atoms with E-state index < -0.39 is 10.0 Å². The molecule has 0 bridgehead atoms. The van der Waals surface area contributed by atoms with E-state index in [4.69, 9.17) is 0 Å². The van der Waals surface area contributed by atoms with Gasteiger partial charge in [-0.1, -0.05) is 48.5 Å². The maximum Gasteiger partial charge on any atom is 0.236 e. The van der Waals surface area contributed by atoms with Crippen LogP contribution in [0.5, 0.6) is 0 Å². The van der Waals surface area contributed by atoms with Crippen LogP contribution in [-0.2, 0) is 15.8 Å². The van der Waals surface area contributed by atoms with Gasteiger partial charge in [0.2, 0.25) is 10.0 Å². The van der Waals surface area contributed by atoms with Crippen molar-refractivity contribution < 1.29 is 8.42 Å². The zero-order chi connectivity index (χ0) is 17.2. The summed E-state index contributed by atoms with van der Waals surface area (Å²) in [4.78, 5) is 4.52. The largest absolute Gasteiger partial charge is 0.283 e. The van der Waals surface area contributed by atoms with E-state index >= 15 is 0 Å². The number of sulfonamides is 1. The first-order valence-electron chi connectivity index (χ1n) is 7.54. The molecular formula is C17H18N2O2S3.